The van der Waals surface area contributed by atoms with Crippen LogP contribution in [0.4, 0.5) is 26.3 Å². The second-order valence-corrected chi connectivity index (χ2v) is 3.70. The number of hydrogen-bond acceptors (Lipinski definition) is 5. The second-order valence-electron chi connectivity index (χ2n) is 3.70. The molecule has 0 bridgehead atoms. The van der Waals surface area contributed by atoms with Gasteiger partial charge in [-0.1, -0.05) is 0 Å². The van der Waals surface area contributed by atoms with Crippen LogP contribution in [0.1, 0.15) is 13.8 Å². The minimum atomic E-state index is -6.42. The van der Waals surface area contributed by atoms with Crippen molar-refractivity contribution in [2.45, 2.75) is 37.9 Å². The molecule has 0 spiro atoms. The molecule has 0 heterocycles. The number of carbonyl (C=O) groups is 2. The van der Waals surface area contributed by atoms with E-state index in [2.05, 4.69) is 9.47 Å². The highest BCUT2D eigenvalue weighted by Crippen LogP contribution is 2.41. The van der Waals surface area contributed by atoms with E-state index in [4.69, 9.17) is 0 Å². The van der Waals surface area contributed by atoms with Crippen LogP contribution in [-0.2, 0) is 19.1 Å². The Kier molecular flexibility index (Phi) is 5.41. The lowest BCUT2D eigenvalue weighted by molar-refractivity contribution is -0.574. The molecule has 0 amide bonds. The number of rotatable bonds is 4. The number of hydrogen-bond donors (Lipinski definition) is 0. The first-order valence-electron chi connectivity index (χ1n) is 4.91. The van der Waals surface area contributed by atoms with Gasteiger partial charge in [0.1, 0.15) is 12.7 Å². The van der Waals surface area contributed by atoms with Crippen LogP contribution in [0.3, 0.4) is 0 Å². The van der Waals surface area contributed by atoms with Gasteiger partial charge in [-0.05, 0) is 6.92 Å². The summed E-state index contributed by atoms with van der Waals surface area (Å²) in [5, 5.41) is 10.8. The molecule has 0 aromatic rings. The molecule has 0 radical (unpaired) electrons. The minimum absolute atomic E-state index is 0.895. The molecule has 5 nitrogen and oxygen atoms in total. The van der Waals surface area contributed by atoms with Crippen molar-refractivity contribution in [3.05, 3.63) is 0 Å². The largest absolute Gasteiger partial charge is 0.828 e. The minimum Gasteiger partial charge on any atom is -0.828 e. The molecule has 0 N–H and O–H groups in total. The van der Waals surface area contributed by atoms with E-state index in [0.717, 1.165) is 13.8 Å². The predicted molar refractivity (Wildman–Crippen MR) is 47.0 cm³/mol. The standard InChI is InChI=1S/C9H9F6O5/c1-4(20-5(2)16)3-19-6(17)7(18,8(10,11)12)9(13,14)15/h4H,3H2,1-2H3/q-1. The average Bonchev–Trinajstić information content (AvgIpc) is 2.20. The second kappa shape index (κ2) is 5.85. The Hall–Kier alpha value is -1.52. The van der Waals surface area contributed by atoms with Crippen LogP contribution in [0.2, 0.25) is 0 Å². The van der Waals surface area contributed by atoms with E-state index < -0.39 is 42.6 Å². The maximum Gasteiger partial charge on any atom is 0.399 e. The molecule has 0 aliphatic heterocycles. The van der Waals surface area contributed by atoms with Crippen molar-refractivity contribution in [1.82, 2.24) is 0 Å². The van der Waals surface area contributed by atoms with Crippen LogP contribution in [0.25, 0.3) is 0 Å². The summed E-state index contributed by atoms with van der Waals surface area (Å²) in [5.74, 6) is -3.95. The summed E-state index contributed by atoms with van der Waals surface area (Å²) in [7, 11) is 0. The van der Waals surface area contributed by atoms with E-state index in [0.29, 0.717) is 0 Å². The van der Waals surface area contributed by atoms with Gasteiger partial charge >= 0.3 is 24.3 Å². The van der Waals surface area contributed by atoms with Gasteiger partial charge in [0, 0.05) is 6.92 Å². The molecule has 0 aliphatic rings. The maximum atomic E-state index is 12.2. The van der Waals surface area contributed by atoms with Gasteiger partial charge < -0.3 is 14.6 Å². The molecule has 0 aliphatic carbocycles. The van der Waals surface area contributed by atoms with Crippen LogP contribution in [0.5, 0.6) is 0 Å². The fourth-order valence-corrected chi connectivity index (χ4v) is 1.00. The third-order valence-corrected chi connectivity index (χ3v) is 1.90. The summed E-state index contributed by atoms with van der Waals surface area (Å²) in [6.45, 7) is 0.846. The van der Waals surface area contributed by atoms with Crippen LogP contribution >= 0.6 is 0 Å². The fourth-order valence-electron chi connectivity index (χ4n) is 1.00. The summed E-state index contributed by atoms with van der Waals surface area (Å²) in [5.41, 5.74) is -5.89. The number of halogens is 6. The lowest BCUT2D eigenvalue weighted by Gasteiger charge is -2.40. The third-order valence-electron chi connectivity index (χ3n) is 1.90. The topological polar surface area (TPSA) is 75.7 Å². The lowest BCUT2D eigenvalue weighted by Crippen LogP contribution is -2.71. The number of esters is 2. The van der Waals surface area contributed by atoms with Crippen LogP contribution in [-0.4, -0.2) is 42.6 Å². The quantitative estimate of drug-likeness (QED) is 0.564. The zero-order chi connectivity index (χ0) is 16.4. The van der Waals surface area contributed by atoms with E-state index in [1.165, 1.54) is 0 Å². The average molecular weight is 311 g/mol. The van der Waals surface area contributed by atoms with Crippen molar-refractivity contribution in [1.29, 1.82) is 0 Å². The first kappa shape index (κ1) is 18.5. The van der Waals surface area contributed by atoms with Gasteiger partial charge in [0.05, 0.1) is 0 Å². The van der Waals surface area contributed by atoms with Crippen LogP contribution in [0.15, 0.2) is 0 Å². The summed E-state index contributed by atoms with van der Waals surface area (Å²) >= 11 is 0. The molecule has 20 heavy (non-hydrogen) atoms. The lowest BCUT2D eigenvalue weighted by atomic mass is 10.0. The van der Waals surface area contributed by atoms with Gasteiger partial charge in [0.15, 0.2) is 5.60 Å². The molecule has 1 unspecified atom stereocenters. The first-order valence-corrected chi connectivity index (χ1v) is 4.91. The van der Waals surface area contributed by atoms with E-state index >= 15 is 0 Å². The summed E-state index contributed by atoms with van der Waals surface area (Å²) < 4.78 is 81.0. The number of carbonyl (C=O) groups excluding carboxylic acids is 2. The maximum absolute atomic E-state index is 12.2. The molecule has 0 aromatic heterocycles. The van der Waals surface area contributed by atoms with Crippen molar-refractivity contribution < 1.29 is 50.5 Å². The fraction of sp³-hybridized carbons (Fsp3) is 0.778. The van der Waals surface area contributed by atoms with E-state index in [1.807, 2.05) is 0 Å². The molecule has 0 saturated heterocycles. The number of alkyl halides is 6. The molecule has 0 fully saturated rings. The van der Waals surface area contributed by atoms with Crippen molar-refractivity contribution in [2.75, 3.05) is 6.61 Å². The van der Waals surface area contributed by atoms with Gasteiger partial charge in [0.2, 0.25) is 0 Å². The molecular weight excluding hydrogens is 302 g/mol. The zero-order valence-corrected chi connectivity index (χ0v) is 10.1. The smallest absolute Gasteiger partial charge is 0.399 e. The Labute approximate surface area is 108 Å². The Bertz CT molecular complexity index is 360. The van der Waals surface area contributed by atoms with Gasteiger partial charge in [-0.25, -0.2) is 0 Å². The van der Waals surface area contributed by atoms with E-state index in [9.17, 15) is 41.0 Å². The number of ether oxygens (including phenoxy) is 2. The highest BCUT2D eigenvalue weighted by Gasteiger charge is 2.68. The molecule has 118 valence electrons. The van der Waals surface area contributed by atoms with Crippen molar-refractivity contribution >= 4 is 11.9 Å². The highest BCUT2D eigenvalue weighted by molar-refractivity contribution is 5.81. The van der Waals surface area contributed by atoms with Crippen LogP contribution in [0, 0.1) is 0 Å². The molecular formula is C9H9F6O5-. The summed E-state index contributed by atoms with van der Waals surface area (Å²) in [6, 6.07) is 0. The molecule has 0 aromatic carbocycles. The molecule has 0 saturated carbocycles. The third kappa shape index (κ3) is 3.99. The van der Waals surface area contributed by atoms with Gasteiger partial charge in [-0.15, -0.1) is 0 Å². The Morgan fingerprint density at radius 2 is 1.50 bits per heavy atom. The van der Waals surface area contributed by atoms with Crippen molar-refractivity contribution in [3.63, 3.8) is 0 Å². The summed E-state index contributed by atoms with van der Waals surface area (Å²) in [4.78, 5) is 21.3. The van der Waals surface area contributed by atoms with E-state index in [1.54, 1.807) is 0 Å². The van der Waals surface area contributed by atoms with Crippen LogP contribution < -0.4 is 5.11 Å². The normalized spacial score (nSPS) is 14.7. The Morgan fingerprint density at radius 3 is 1.80 bits per heavy atom. The molecule has 11 heteroatoms. The Balaban J connectivity index is 4.99. The van der Waals surface area contributed by atoms with Gasteiger partial charge in [0.25, 0.3) is 0 Å². The predicted octanol–water partition coefficient (Wildman–Crippen LogP) is 0.705. The Morgan fingerprint density at radius 1 is 1.10 bits per heavy atom. The van der Waals surface area contributed by atoms with Gasteiger partial charge in [-0.2, -0.15) is 26.3 Å². The SMILES string of the molecule is CC(=O)OC(C)COC(=O)C([O-])(C(F)(F)F)C(F)(F)F. The van der Waals surface area contributed by atoms with Crippen molar-refractivity contribution in [3.8, 4) is 0 Å². The first-order chi connectivity index (χ1) is 8.73. The summed E-state index contributed by atoms with van der Waals surface area (Å²) in [6.07, 6.45) is -14.2. The molecule has 0 rings (SSSR count). The highest BCUT2D eigenvalue weighted by atomic mass is 19.4. The molecule has 1 atom stereocenters. The monoisotopic (exact) mass is 311 g/mol. The van der Waals surface area contributed by atoms with Gasteiger partial charge in [-0.3, -0.25) is 9.59 Å². The van der Waals surface area contributed by atoms with Crippen molar-refractivity contribution in [2.24, 2.45) is 0 Å². The van der Waals surface area contributed by atoms with E-state index in [-0.39, 0.29) is 0 Å². The zero-order valence-electron chi connectivity index (χ0n) is 10.1.